The van der Waals surface area contributed by atoms with Crippen molar-refractivity contribution < 1.29 is 24.8 Å². The lowest BCUT2D eigenvalue weighted by Gasteiger charge is -2.35. The number of aliphatic hydroxyl groups excluding tert-OH is 3. The molecule has 1 aliphatic heterocycles. The van der Waals surface area contributed by atoms with Crippen molar-refractivity contribution in [3.05, 3.63) is 12.7 Å². The van der Waals surface area contributed by atoms with Gasteiger partial charge in [-0.1, -0.05) is 6.08 Å². The fourth-order valence-electron chi connectivity index (χ4n) is 1.33. The Morgan fingerprint density at radius 2 is 2.21 bits per heavy atom. The van der Waals surface area contributed by atoms with E-state index in [2.05, 4.69) is 6.58 Å². The van der Waals surface area contributed by atoms with Gasteiger partial charge >= 0.3 is 0 Å². The summed E-state index contributed by atoms with van der Waals surface area (Å²) in [4.78, 5) is 0. The van der Waals surface area contributed by atoms with Crippen molar-refractivity contribution in [3.8, 4) is 0 Å². The molecule has 5 heteroatoms. The summed E-state index contributed by atoms with van der Waals surface area (Å²) >= 11 is 0. The van der Waals surface area contributed by atoms with Crippen molar-refractivity contribution in [2.24, 2.45) is 0 Å². The Morgan fingerprint density at radius 1 is 1.50 bits per heavy atom. The second kappa shape index (κ2) is 5.43. The van der Waals surface area contributed by atoms with Gasteiger partial charge in [0.05, 0.1) is 25.4 Å². The van der Waals surface area contributed by atoms with Crippen LogP contribution in [0, 0.1) is 0 Å². The third-order valence-corrected chi connectivity index (χ3v) is 2.09. The van der Waals surface area contributed by atoms with Crippen LogP contribution in [0.15, 0.2) is 12.7 Å². The van der Waals surface area contributed by atoms with E-state index < -0.39 is 24.6 Å². The molecule has 1 rings (SSSR count). The molecule has 0 radical (unpaired) electrons. The van der Waals surface area contributed by atoms with Gasteiger partial charge in [-0.25, -0.2) is 0 Å². The standard InChI is InChI=1S/C9H16O5/c1-2-3-13-9-8(12)7(11)4-6(5-10)14-9/h2,6-12H,1,3-5H2/t6-,7-,8+,9-/m0/s1. The van der Waals surface area contributed by atoms with Crippen LogP contribution in [-0.4, -0.2) is 53.1 Å². The monoisotopic (exact) mass is 204 g/mol. The van der Waals surface area contributed by atoms with E-state index in [9.17, 15) is 10.2 Å². The van der Waals surface area contributed by atoms with Crippen molar-refractivity contribution in [1.82, 2.24) is 0 Å². The minimum Gasteiger partial charge on any atom is -0.394 e. The second-order valence-corrected chi connectivity index (χ2v) is 3.22. The van der Waals surface area contributed by atoms with E-state index in [1.54, 1.807) is 0 Å². The first kappa shape index (κ1) is 11.6. The molecular weight excluding hydrogens is 188 g/mol. The average Bonchev–Trinajstić information content (AvgIpc) is 2.20. The third kappa shape index (κ3) is 2.76. The van der Waals surface area contributed by atoms with E-state index in [-0.39, 0.29) is 19.6 Å². The van der Waals surface area contributed by atoms with Gasteiger partial charge in [0, 0.05) is 6.42 Å². The van der Waals surface area contributed by atoms with Crippen LogP contribution in [0.4, 0.5) is 0 Å². The summed E-state index contributed by atoms with van der Waals surface area (Å²) in [6.07, 6.45) is -1.64. The van der Waals surface area contributed by atoms with Gasteiger partial charge in [-0.05, 0) is 0 Å². The van der Waals surface area contributed by atoms with E-state index >= 15 is 0 Å². The first-order valence-electron chi connectivity index (χ1n) is 4.54. The molecule has 0 aromatic carbocycles. The number of hydrogen-bond donors (Lipinski definition) is 3. The number of aliphatic hydroxyl groups is 3. The zero-order chi connectivity index (χ0) is 10.6. The van der Waals surface area contributed by atoms with Crippen LogP contribution < -0.4 is 0 Å². The summed E-state index contributed by atoms with van der Waals surface area (Å²) in [7, 11) is 0. The first-order chi connectivity index (χ1) is 6.69. The molecule has 3 N–H and O–H groups in total. The summed E-state index contributed by atoms with van der Waals surface area (Å²) < 4.78 is 10.3. The van der Waals surface area contributed by atoms with Crippen molar-refractivity contribution in [3.63, 3.8) is 0 Å². The summed E-state index contributed by atoms with van der Waals surface area (Å²) in [5.74, 6) is 0. The lowest BCUT2D eigenvalue weighted by Crippen LogP contribution is -2.50. The maximum absolute atomic E-state index is 9.46. The molecule has 0 bridgehead atoms. The largest absolute Gasteiger partial charge is 0.394 e. The quantitative estimate of drug-likeness (QED) is 0.513. The summed E-state index contributed by atoms with van der Waals surface area (Å²) in [6, 6.07) is 0. The molecular formula is C9H16O5. The van der Waals surface area contributed by atoms with Gasteiger partial charge in [0.1, 0.15) is 6.10 Å². The van der Waals surface area contributed by atoms with Crippen molar-refractivity contribution >= 4 is 0 Å². The Morgan fingerprint density at radius 3 is 2.79 bits per heavy atom. The van der Waals surface area contributed by atoms with E-state index in [1.165, 1.54) is 6.08 Å². The zero-order valence-electron chi connectivity index (χ0n) is 7.87. The van der Waals surface area contributed by atoms with Gasteiger partial charge in [-0.3, -0.25) is 0 Å². The summed E-state index contributed by atoms with van der Waals surface area (Å²) in [5, 5.41) is 27.7. The predicted molar refractivity (Wildman–Crippen MR) is 48.5 cm³/mol. The highest BCUT2D eigenvalue weighted by atomic mass is 16.7. The van der Waals surface area contributed by atoms with Crippen LogP contribution >= 0.6 is 0 Å². The predicted octanol–water partition coefficient (Wildman–Crippen LogP) is -0.982. The SMILES string of the molecule is C=CCO[C@H]1O[C@H](CO)C[C@H](O)[C@H]1O. The van der Waals surface area contributed by atoms with Crippen LogP contribution in [-0.2, 0) is 9.47 Å². The van der Waals surface area contributed by atoms with Gasteiger partial charge in [0.2, 0.25) is 0 Å². The maximum Gasteiger partial charge on any atom is 0.186 e. The van der Waals surface area contributed by atoms with E-state index in [4.69, 9.17) is 14.6 Å². The minimum absolute atomic E-state index is 0.197. The molecule has 0 aromatic rings. The van der Waals surface area contributed by atoms with Crippen LogP contribution in [0.5, 0.6) is 0 Å². The molecule has 4 atom stereocenters. The lowest BCUT2D eigenvalue weighted by atomic mass is 10.0. The zero-order valence-corrected chi connectivity index (χ0v) is 7.87. The van der Waals surface area contributed by atoms with Crippen LogP contribution in [0.2, 0.25) is 0 Å². The lowest BCUT2D eigenvalue weighted by molar-refractivity contribution is -0.267. The molecule has 14 heavy (non-hydrogen) atoms. The first-order valence-corrected chi connectivity index (χ1v) is 4.54. The normalized spacial score (nSPS) is 38.2. The van der Waals surface area contributed by atoms with Gasteiger partial charge in [-0.2, -0.15) is 0 Å². The smallest absolute Gasteiger partial charge is 0.186 e. The Bertz CT molecular complexity index is 184. The highest BCUT2D eigenvalue weighted by Gasteiger charge is 2.36. The Kier molecular flexibility index (Phi) is 4.50. The molecule has 0 amide bonds. The Labute approximate surface area is 82.6 Å². The van der Waals surface area contributed by atoms with Crippen molar-refractivity contribution in [2.45, 2.75) is 31.0 Å². The highest BCUT2D eigenvalue weighted by molar-refractivity contribution is 4.81. The van der Waals surface area contributed by atoms with Crippen molar-refractivity contribution in [2.75, 3.05) is 13.2 Å². The molecule has 0 unspecified atom stereocenters. The Balaban J connectivity index is 2.48. The molecule has 1 fully saturated rings. The fraction of sp³-hybridized carbons (Fsp3) is 0.778. The minimum atomic E-state index is -1.07. The highest BCUT2D eigenvalue weighted by Crippen LogP contribution is 2.20. The van der Waals surface area contributed by atoms with Gasteiger partial charge < -0.3 is 24.8 Å². The summed E-state index contributed by atoms with van der Waals surface area (Å²) in [6.45, 7) is 3.49. The van der Waals surface area contributed by atoms with Crippen molar-refractivity contribution in [1.29, 1.82) is 0 Å². The molecule has 0 saturated carbocycles. The number of hydrogen-bond acceptors (Lipinski definition) is 5. The topological polar surface area (TPSA) is 79.2 Å². The van der Waals surface area contributed by atoms with Crippen LogP contribution in [0.25, 0.3) is 0 Å². The average molecular weight is 204 g/mol. The molecule has 82 valence electrons. The number of rotatable bonds is 4. The van der Waals surface area contributed by atoms with E-state index in [0.717, 1.165) is 0 Å². The van der Waals surface area contributed by atoms with Gasteiger partial charge in [0.15, 0.2) is 6.29 Å². The third-order valence-electron chi connectivity index (χ3n) is 2.09. The molecule has 1 heterocycles. The molecule has 0 aromatic heterocycles. The second-order valence-electron chi connectivity index (χ2n) is 3.22. The van der Waals surface area contributed by atoms with Gasteiger partial charge in [0.25, 0.3) is 0 Å². The van der Waals surface area contributed by atoms with Gasteiger partial charge in [-0.15, -0.1) is 6.58 Å². The van der Waals surface area contributed by atoms with E-state index in [1.807, 2.05) is 0 Å². The summed E-state index contributed by atoms with van der Waals surface area (Å²) in [5.41, 5.74) is 0. The number of ether oxygens (including phenoxy) is 2. The fourth-order valence-corrected chi connectivity index (χ4v) is 1.33. The molecule has 1 saturated heterocycles. The Hall–Kier alpha value is -0.460. The van der Waals surface area contributed by atoms with Crippen LogP contribution in [0.3, 0.4) is 0 Å². The molecule has 0 aliphatic carbocycles. The molecule has 1 aliphatic rings. The van der Waals surface area contributed by atoms with Crippen LogP contribution in [0.1, 0.15) is 6.42 Å². The molecule has 5 nitrogen and oxygen atoms in total. The van der Waals surface area contributed by atoms with E-state index in [0.29, 0.717) is 0 Å². The molecule has 0 spiro atoms. The maximum atomic E-state index is 9.46.